The van der Waals surface area contributed by atoms with Gasteiger partial charge in [0.05, 0.1) is 12.2 Å². The number of ether oxygens (including phenoxy) is 1. The van der Waals surface area contributed by atoms with E-state index < -0.39 is 0 Å². The van der Waals surface area contributed by atoms with Crippen molar-refractivity contribution < 1.29 is 14.4 Å². The van der Waals surface area contributed by atoms with Gasteiger partial charge in [-0.3, -0.25) is 0 Å². The molecule has 2 aromatic rings. The van der Waals surface area contributed by atoms with Crippen LogP contribution in [0.25, 0.3) is 11.4 Å². The molecule has 1 aromatic carbocycles. The lowest BCUT2D eigenvalue weighted by Gasteiger charge is -2.13. The van der Waals surface area contributed by atoms with Crippen molar-refractivity contribution in [2.45, 2.75) is 26.7 Å². The average molecular weight is 272 g/mol. The SMILES string of the molecule is C#CCCCOc1c(-c2noc(C)n2)ccc(O)c1C. The van der Waals surface area contributed by atoms with Gasteiger partial charge in [0.1, 0.15) is 11.5 Å². The van der Waals surface area contributed by atoms with Gasteiger partial charge in [0.25, 0.3) is 0 Å². The Balaban J connectivity index is 2.32. The van der Waals surface area contributed by atoms with E-state index in [0.717, 1.165) is 6.42 Å². The van der Waals surface area contributed by atoms with E-state index in [1.807, 2.05) is 0 Å². The molecule has 2 rings (SSSR count). The topological polar surface area (TPSA) is 68.4 Å². The Morgan fingerprint density at radius 1 is 1.40 bits per heavy atom. The molecule has 0 bridgehead atoms. The molecule has 1 heterocycles. The predicted octanol–water partition coefficient (Wildman–Crippen LogP) is 2.85. The predicted molar refractivity (Wildman–Crippen MR) is 74.4 cm³/mol. The first-order chi connectivity index (χ1) is 9.63. The highest BCUT2D eigenvalue weighted by molar-refractivity contribution is 5.68. The summed E-state index contributed by atoms with van der Waals surface area (Å²) in [6.45, 7) is 3.97. The van der Waals surface area contributed by atoms with Gasteiger partial charge in [-0.25, -0.2) is 0 Å². The van der Waals surface area contributed by atoms with Crippen LogP contribution in [0.5, 0.6) is 11.5 Å². The Kier molecular flexibility index (Phi) is 4.26. The second-order valence-electron chi connectivity index (χ2n) is 4.38. The van der Waals surface area contributed by atoms with Gasteiger partial charge in [0.2, 0.25) is 11.7 Å². The summed E-state index contributed by atoms with van der Waals surface area (Å²) >= 11 is 0. The van der Waals surface area contributed by atoms with Gasteiger partial charge in [-0.1, -0.05) is 5.16 Å². The van der Waals surface area contributed by atoms with Crippen LogP contribution in [0.2, 0.25) is 0 Å². The standard InChI is InChI=1S/C15H16N2O3/c1-4-5-6-9-19-14-10(2)13(18)8-7-12(14)15-16-11(3)20-17-15/h1,7-8,18H,5-6,9H2,2-3H3. The van der Waals surface area contributed by atoms with E-state index >= 15 is 0 Å². The lowest BCUT2D eigenvalue weighted by Crippen LogP contribution is -2.01. The van der Waals surface area contributed by atoms with Crippen LogP contribution in [-0.2, 0) is 0 Å². The van der Waals surface area contributed by atoms with Crippen LogP contribution in [-0.4, -0.2) is 21.9 Å². The van der Waals surface area contributed by atoms with E-state index in [-0.39, 0.29) is 5.75 Å². The van der Waals surface area contributed by atoms with Gasteiger partial charge in [0, 0.05) is 18.9 Å². The third-order valence-electron chi connectivity index (χ3n) is 2.86. The number of terminal acetylenes is 1. The largest absolute Gasteiger partial charge is 0.508 e. The lowest BCUT2D eigenvalue weighted by atomic mass is 10.1. The Labute approximate surface area is 117 Å². The fourth-order valence-corrected chi connectivity index (χ4v) is 1.80. The Hall–Kier alpha value is -2.48. The molecule has 0 unspecified atom stereocenters. The molecule has 0 aliphatic rings. The summed E-state index contributed by atoms with van der Waals surface area (Å²) in [7, 11) is 0. The quantitative estimate of drug-likeness (QED) is 0.669. The highest BCUT2D eigenvalue weighted by atomic mass is 16.5. The Morgan fingerprint density at radius 3 is 2.85 bits per heavy atom. The second kappa shape index (κ2) is 6.11. The molecule has 1 N–H and O–H groups in total. The van der Waals surface area contributed by atoms with Gasteiger partial charge >= 0.3 is 0 Å². The minimum Gasteiger partial charge on any atom is -0.508 e. The molecule has 20 heavy (non-hydrogen) atoms. The van der Waals surface area contributed by atoms with E-state index in [1.54, 1.807) is 26.0 Å². The van der Waals surface area contributed by atoms with E-state index in [1.165, 1.54) is 0 Å². The smallest absolute Gasteiger partial charge is 0.223 e. The molecule has 5 nitrogen and oxygen atoms in total. The van der Waals surface area contributed by atoms with Gasteiger partial charge < -0.3 is 14.4 Å². The lowest BCUT2D eigenvalue weighted by molar-refractivity contribution is 0.309. The monoisotopic (exact) mass is 272 g/mol. The molecule has 1 aromatic heterocycles. The third kappa shape index (κ3) is 2.91. The molecule has 5 heteroatoms. The highest BCUT2D eigenvalue weighted by Gasteiger charge is 2.16. The summed E-state index contributed by atoms with van der Waals surface area (Å²) in [5.41, 5.74) is 1.34. The first kappa shape index (κ1) is 13.9. The summed E-state index contributed by atoms with van der Waals surface area (Å²) < 4.78 is 10.7. The number of hydrogen-bond donors (Lipinski definition) is 1. The van der Waals surface area contributed by atoms with Crippen LogP contribution in [0, 0.1) is 26.2 Å². The molecule has 0 saturated heterocycles. The molecule has 0 aliphatic carbocycles. The maximum Gasteiger partial charge on any atom is 0.223 e. The van der Waals surface area contributed by atoms with Gasteiger partial charge in [-0.15, -0.1) is 12.3 Å². The first-order valence-electron chi connectivity index (χ1n) is 6.33. The molecular formula is C15H16N2O3. The van der Waals surface area contributed by atoms with Crippen molar-refractivity contribution in [3.8, 4) is 35.2 Å². The number of rotatable bonds is 5. The minimum absolute atomic E-state index is 0.168. The molecule has 0 fully saturated rings. The molecule has 0 radical (unpaired) electrons. The third-order valence-corrected chi connectivity index (χ3v) is 2.86. The summed E-state index contributed by atoms with van der Waals surface area (Å²) in [6, 6.07) is 3.30. The molecular weight excluding hydrogens is 256 g/mol. The second-order valence-corrected chi connectivity index (χ2v) is 4.38. The highest BCUT2D eigenvalue weighted by Crippen LogP contribution is 2.36. The van der Waals surface area contributed by atoms with E-state index in [0.29, 0.717) is 41.6 Å². The number of aryl methyl sites for hydroxylation is 1. The van der Waals surface area contributed by atoms with Crippen LogP contribution in [0.3, 0.4) is 0 Å². The number of aromatic hydroxyl groups is 1. The molecule has 0 aliphatic heterocycles. The van der Waals surface area contributed by atoms with Crippen molar-refractivity contribution in [2.75, 3.05) is 6.61 Å². The first-order valence-corrected chi connectivity index (χ1v) is 6.33. The number of unbranched alkanes of at least 4 members (excludes halogenated alkanes) is 1. The number of benzene rings is 1. The van der Waals surface area contributed by atoms with Crippen LogP contribution in [0.15, 0.2) is 16.7 Å². The van der Waals surface area contributed by atoms with Crippen LogP contribution in [0.4, 0.5) is 0 Å². The van der Waals surface area contributed by atoms with Crippen molar-refractivity contribution >= 4 is 0 Å². The molecule has 0 atom stereocenters. The summed E-state index contributed by atoms with van der Waals surface area (Å²) in [6.07, 6.45) is 6.60. The summed E-state index contributed by atoms with van der Waals surface area (Å²) in [4.78, 5) is 4.19. The number of nitrogens with zero attached hydrogens (tertiary/aromatic N) is 2. The zero-order chi connectivity index (χ0) is 14.5. The van der Waals surface area contributed by atoms with E-state index in [2.05, 4.69) is 16.1 Å². The van der Waals surface area contributed by atoms with Crippen molar-refractivity contribution in [3.63, 3.8) is 0 Å². The normalized spacial score (nSPS) is 10.2. The van der Waals surface area contributed by atoms with Crippen molar-refractivity contribution in [1.29, 1.82) is 0 Å². The molecule has 0 saturated carbocycles. The van der Waals surface area contributed by atoms with Crippen molar-refractivity contribution in [2.24, 2.45) is 0 Å². The number of phenolic OH excluding ortho intramolecular Hbond substituents is 1. The van der Waals surface area contributed by atoms with Crippen LogP contribution in [0.1, 0.15) is 24.3 Å². The fourth-order valence-electron chi connectivity index (χ4n) is 1.80. The maximum absolute atomic E-state index is 9.80. The summed E-state index contributed by atoms with van der Waals surface area (Å²) in [5, 5.41) is 13.7. The zero-order valence-electron chi connectivity index (χ0n) is 11.5. The van der Waals surface area contributed by atoms with Gasteiger partial charge in [-0.05, 0) is 25.5 Å². The van der Waals surface area contributed by atoms with E-state index in [4.69, 9.17) is 15.7 Å². The van der Waals surface area contributed by atoms with Crippen LogP contribution < -0.4 is 4.74 Å². The fraction of sp³-hybridized carbons (Fsp3) is 0.333. The molecule has 0 amide bonds. The van der Waals surface area contributed by atoms with Crippen molar-refractivity contribution in [1.82, 2.24) is 10.1 Å². The number of aromatic nitrogens is 2. The summed E-state index contributed by atoms with van der Waals surface area (Å²) in [5.74, 6) is 4.20. The van der Waals surface area contributed by atoms with E-state index in [9.17, 15) is 5.11 Å². The Bertz CT molecular complexity index is 641. The molecule has 0 spiro atoms. The maximum atomic E-state index is 9.80. The Morgan fingerprint density at radius 2 is 2.20 bits per heavy atom. The number of phenols is 1. The average Bonchev–Trinajstić information content (AvgIpc) is 2.86. The van der Waals surface area contributed by atoms with Crippen molar-refractivity contribution in [3.05, 3.63) is 23.6 Å². The van der Waals surface area contributed by atoms with Gasteiger partial charge in [0.15, 0.2) is 0 Å². The van der Waals surface area contributed by atoms with Gasteiger partial charge in [-0.2, -0.15) is 4.98 Å². The minimum atomic E-state index is 0.168. The van der Waals surface area contributed by atoms with Crippen LogP contribution >= 0.6 is 0 Å². The zero-order valence-corrected chi connectivity index (χ0v) is 11.5. The molecule has 104 valence electrons. The number of hydrogen-bond acceptors (Lipinski definition) is 5.